The van der Waals surface area contributed by atoms with Crippen molar-refractivity contribution in [3.63, 3.8) is 0 Å². The van der Waals surface area contributed by atoms with Gasteiger partial charge in [0.2, 0.25) is 23.2 Å². The van der Waals surface area contributed by atoms with Crippen LogP contribution in [0.4, 0.5) is 5.69 Å². The Kier molecular flexibility index (Phi) is 5.68. The molecule has 1 N–H and O–H groups in total. The molecule has 0 saturated carbocycles. The van der Waals surface area contributed by atoms with Gasteiger partial charge < -0.3 is 9.84 Å². The van der Waals surface area contributed by atoms with E-state index >= 15 is 0 Å². The van der Waals surface area contributed by atoms with Crippen LogP contribution >= 0.6 is 11.8 Å². The molecule has 1 aromatic heterocycles. The molecule has 1 amide bonds. The highest BCUT2D eigenvalue weighted by Gasteiger charge is 2.34. The summed E-state index contributed by atoms with van der Waals surface area (Å²) in [5.74, 6) is -0.434. The fraction of sp³-hybridized carbons (Fsp3) is 0.136. The number of amides is 1. The zero-order valence-electron chi connectivity index (χ0n) is 16.6. The lowest BCUT2D eigenvalue weighted by Gasteiger charge is -2.29. The Bertz CT molecular complexity index is 1170. The topological polar surface area (TPSA) is 106 Å². The van der Waals surface area contributed by atoms with Crippen LogP contribution in [0.3, 0.4) is 0 Å². The molecule has 0 spiro atoms. The summed E-state index contributed by atoms with van der Waals surface area (Å²) < 4.78 is 6.23. The van der Waals surface area contributed by atoms with Crippen molar-refractivity contribution in [1.82, 2.24) is 15.2 Å². The Balaban J connectivity index is 1.88. The van der Waals surface area contributed by atoms with Gasteiger partial charge in [0.25, 0.3) is 0 Å². The number of ether oxygens (including phenoxy) is 1. The minimum Gasteiger partial charge on any atom is -0.478 e. The number of carboxylic acids is 1. The van der Waals surface area contributed by atoms with Crippen molar-refractivity contribution in [2.24, 2.45) is 0 Å². The molecule has 0 aliphatic carbocycles. The quantitative estimate of drug-likeness (QED) is 0.475. The lowest BCUT2D eigenvalue weighted by Crippen LogP contribution is -2.36. The van der Waals surface area contributed by atoms with E-state index in [0.29, 0.717) is 33.4 Å². The van der Waals surface area contributed by atoms with Crippen LogP contribution in [0.25, 0.3) is 11.3 Å². The summed E-state index contributed by atoms with van der Waals surface area (Å²) in [7, 11) is 0. The zero-order valence-corrected chi connectivity index (χ0v) is 17.4. The monoisotopic (exact) mass is 434 g/mol. The van der Waals surface area contributed by atoms with Crippen molar-refractivity contribution in [3.05, 3.63) is 72.3 Å². The standard InChI is InChI=1S/C22H18N4O4S/c1-3-12-31-22-23-19-18(24-25-22)16-6-4-5-7-17(16)26(13(2)27)20(30-19)14-8-10-15(11-9-14)21(28)29/h3-11,20H,1,12H2,2H3,(H,28,29)/t20-/m0/s1. The molecule has 2 aromatic carbocycles. The maximum atomic E-state index is 12.7. The van der Waals surface area contributed by atoms with E-state index in [1.807, 2.05) is 18.2 Å². The molecule has 0 saturated heterocycles. The Labute approximate surface area is 182 Å². The highest BCUT2D eigenvalue weighted by molar-refractivity contribution is 7.99. The average molecular weight is 434 g/mol. The molecule has 1 atom stereocenters. The van der Waals surface area contributed by atoms with E-state index in [4.69, 9.17) is 4.74 Å². The average Bonchev–Trinajstić information content (AvgIpc) is 2.92. The van der Waals surface area contributed by atoms with Gasteiger partial charge in [0, 0.05) is 23.8 Å². The van der Waals surface area contributed by atoms with Gasteiger partial charge in [-0.1, -0.05) is 48.2 Å². The van der Waals surface area contributed by atoms with Gasteiger partial charge in [-0.15, -0.1) is 16.8 Å². The van der Waals surface area contributed by atoms with Gasteiger partial charge in [-0.3, -0.25) is 9.69 Å². The number of carbonyl (C=O) groups excluding carboxylic acids is 1. The summed E-state index contributed by atoms with van der Waals surface area (Å²) in [6.45, 7) is 5.14. The number of carbonyl (C=O) groups is 2. The molecule has 0 radical (unpaired) electrons. The van der Waals surface area contributed by atoms with Crippen LogP contribution in [0.2, 0.25) is 0 Å². The third kappa shape index (κ3) is 3.99. The number of carboxylic acid groups (broad SMARTS) is 1. The van der Waals surface area contributed by atoms with Crippen molar-refractivity contribution in [2.45, 2.75) is 18.3 Å². The van der Waals surface area contributed by atoms with E-state index in [0.717, 1.165) is 0 Å². The third-order valence-corrected chi connectivity index (χ3v) is 5.46. The number of fused-ring (bicyclic) bond motifs is 3. The van der Waals surface area contributed by atoms with E-state index in [9.17, 15) is 14.7 Å². The first kappa shape index (κ1) is 20.5. The van der Waals surface area contributed by atoms with Crippen LogP contribution in [-0.2, 0) is 4.79 Å². The number of thioether (sulfide) groups is 1. The van der Waals surface area contributed by atoms with Crippen molar-refractivity contribution in [2.75, 3.05) is 10.7 Å². The Morgan fingerprint density at radius 2 is 1.94 bits per heavy atom. The summed E-state index contributed by atoms with van der Waals surface area (Å²) in [5, 5.41) is 18.1. The molecular weight excluding hydrogens is 416 g/mol. The van der Waals surface area contributed by atoms with Gasteiger partial charge in [-0.05, 0) is 18.2 Å². The number of hydrogen-bond donors (Lipinski definition) is 1. The van der Waals surface area contributed by atoms with E-state index in [2.05, 4.69) is 21.8 Å². The largest absolute Gasteiger partial charge is 0.478 e. The molecule has 2 heterocycles. The summed E-state index contributed by atoms with van der Waals surface area (Å²) in [6.07, 6.45) is 0.872. The predicted molar refractivity (Wildman–Crippen MR) is 116 cm³/mol. The van der Waals surface area contributed by atoms with Crippen molar-refractivity contribution in [3.8, 4) is 17.1 Å². The fourth-order valence-electron chi connectivity index (χ4n) is 3.25. The highest BCUT2D eigenvalue weighted by atomic mass is 32.2. The molecule has 1 aliphatic rings. The number of para-hydroxylation sites is 1. The summed E-state index contributed by atoms with van der Waals surface area (Å²) in [5.41, 5.74) is 2.43. The predicted octanol–water partition coefficient (Wildman–Crippen LogP) is 3.96. The van der Waals surface area contributed by atoms with Gasteiger partial charge in [-0.2, -0.15) is 4.98 Å². The second-order valence-corrected chi connectivity index (χ2v) is 7.64. The van der Waals surface area contributed by atoms with E-state index in [1.54, 1.807) is 24.3 Å². The second kappa shape index (κ2) is 8.57. The highest BCUT2D eigenvalue weighted by Crippen LogP contribution is 2.43. The molecule has 0 fully saturated rings. The number of aromatic carboxylic acids is 1. The summed E-state index contributed by atoms with van der Waals surface area (Å²) in [4.78, 5) is 30.0. The molecule has 31 heavy (non-hydrogen) atoms. The van der Waals surface area contributed by atoms with Crippen molar-refractivity contribution < 1.29 is 19.4 Å². The first-order valence-corrected chi connectivity index (χ1v) is 10.4. The molecular formula is C22H18N4O4S. The minimum atomic E-state index is -1.03. The zero-order chi connectivity index (χ0) is 22.0. The third-order valence-electron chi connectivity index (χ3n) is 4.62. The molecule has 1 aliphatic heterocycles. The molecule has 8 nitrogen and oxygen atoms in total. The van der Waals surface area contributed by atoms with Crippen LogP contribution in [0.1, 0.15) is 29.1 Å². The Hall–Kier alpha value is -3.72. The Morgan fingerprint density at radius 3 is 2.61 bits per heavy atom. The lowest BCUT2D eigenvalue weighted by atomic mass is 10.1. The number of rotatable bonds is 5. The second-order valence-electron chi connectivity index (χ2n) is 6.65. The van der Waals surface area contributed by atoms with Crippen LogP contribution in [-0.4, -0.2) is 37.9 Å². The SMILES string of the molecule is C=CCSc1nnc2c(n1)O[C@@H](c1ccc(C(=O)O)cc1)N(C(C)=O)c1ccccc1-2. The number of anilines is 1. The van der Waals surface area contributed by atoms with E-state index in [1.165, 1.54) is 35.7 Å². The van der Waals surface area contributed by atoms with Gasteiger partial charge in [0.15, 0.2) is 5.69 Å². The van der Waals surface area contributed by atoms with Crippen LogP contribution in [0.15, 0.2) is 66.3 Å². The number of nitrogens with zero attached hydrogens (tertiary/aromatic N) is 4. The lowest BCUT2D eigenvalue weighted by molar-refractivity contribution is -0.118. The smallest absolute Gasteiger partial charge is 0.335 e. The van der Waals surface area contributed by atoms with Crippen molar-refractivity contribution >= 4 is 29.3 Å². The van der Waals surface area contributed by atoms with Gasteiger partial charge >= 0.3 is 5.97 Å². The molecule has 4 rings (SSSR count). The number of aromatic nitrogens is 3. The fourth-order valence-corrected chi connectivity index (χ4v) is 3.77. The van der Waals surface area contributed by atoms with Crippen LogP contribution < -0.4 is 9.64 Å². The van der Waals surface area contributed by atoms with Crippen LogP contribution in [0, 0.1) is 0 Å². The maximum absolute atomic E-state index is 12.7. The number of hydrogen-bond acceptors (Lipinski definition) is 7. The molecule has 3 aromatic rings. The molecule has 156 valence electrons. The Morgan fingerprint density at radius 1 is 1.19 bits per heavy atom. The minimum absolute atomic E-state index is 0.139. The van der Waals surface area contributed by atoms with E-state index in [-0.39, 0.29) is 17.4 Å². The van der Waals surface area contributed by atoms with Gasteiger partial charge in [0.1, 0.15) is 0 Å². The van der Waals surface area contributed by atoms with Crippen LogP contribution in [0.5, 0.6) is 5.88 Å². The number of benzene rings is 2. The maximum Gasteiger partial charge on any atom is 0.335 e. The summed E-state index contributed by atoms with van der Waals surface area (Å²) in [6, 6.07) is 13.5. The first-order chi connectivity index (χ1) is 15.0. The van der Waals surface area contributed by atoms with Crippen molar-refractivity contribution in [1.29, 1.82) is 0 Å². The van der Waals surface area contributed by atoms with Gasteiger partial charge in [0.05, 0.1) is 11.3 Å². The van der Waals surface area contributed by atoms with E-state index < -0.39 is 12.2 Å². The molecule has 9 heteroatoms. The first-order valence-electron chi connectivity index (χ1n) is 9.37. The normalized spacial score (nSPS) is 14.6. The van der Waals surface area contributed by atoms with Gasteiger partial charge in [-0.25, -0.2) is 4.79 Å². The molecule has 0 unspecified atom stereocenters. The summed E-state index contributed by atoms with van der Waals surface area (Å²) >= 11 is 1.36. The molecule has 0 bridgehead atoms.